The monoisotopic (exact) mass is 503 g/mol. The van der Waals surface area contributed by atoms with Crippen LogP contribution in [0.25, 0.3) is 61.8 Å². The van der Waals surface area contributed by atoms with Crippen molar-refractivity contribution in [1.29, 1.82) is 0 Å². The maximum absolute atomic E-state index is 5.27. The molecule has 0 amide bonds. The summed E-state index contributed by atoms with van der Waals surface area (Å²) in [6.45, 7) is 4.42. The zero-order valence-corrected chi connectivity index (χ0v) is 21.7. The van der Waals surface area contributed by atoms with Crippen molar-refractivity contribution in [2.24, 2.45) is 0 Å². The highest BCUT2D eigenvalue weighted by atomic mass is 15.2. The van der Waals surface area contributed by atoms with Gasteiger partial charge in [0.2, 0.25) is 5.95 Å². The minimum atomic E-state index is -0.179. The highest BCUT2D eigenvalue weighted by molar-refractivity contribution is 6.18. The van der Waals surface area contributed by atoms with E-state index in [1.807, 2.05) is 30.5 Å². The Balaban J connectivity index is 1.49. The van der Waals surface area contributed by atoms with Gasteiger partial charge in [-0.1, -0.05) is 68.5 Å². The van der Waals surface area contributed by atoms with Gasteiger partial charge in [0, 0.05) is 45.2 Å². The van der Waals surface area contributed by atoms with E-state index in [-0.39, 0.29) is 5.41 Å². The van der Waals surface area contributed by atoms with E-state index in [1.165, 1.54) is 10.8 Å². The van der Waals surface area contributed by atoms with Crippen LogP contribution in [-0.4, -0.2) is 24.1 Å². The summed E-state index contributed by atoms with van der Waals surface area (Å²) in [6, 6.07) is 31.6. The smallest absolute Gasteiger partial charge is 0.235 e. The summed E-state index contributed by atoms with van der Waals surface area (Å²) in [5, 5.41) is 3.52. The van der Waals surface area contributed by atoms with Crippen LogP contribution in [0.3, 0.4) is 0 Å². The van der Waals surface area contributed by atoms with Gasteiger partial charge in [-0.25, -0.2) is 9.97 Å². The molecule has 4 heterocycles. The fraction of sp³-hybridized carbons (Fsp3) is 0.0882. The van der Waals surface area contributed by atoms with E-state index in [0.717, 1.165) is 50.3 Å². The van der Waals surface area contributed by atoms with Crippen LogP contribution in [0.5, 0.6) is 0 Å². The lowest BCUT2D eigenvalue weighted by molar-refractivity contribution is 0.676. The first-order chi connectivity index (χ1) is 19.1. The molecule has 39 heavy (non-hydrogen) atoms. The molecule has 0 aliphatic heterocycles. The fourth-order valence-electron chi connectivity index (χ4n) is 6.08. The average molecular weight is 504 g/mol. The van der Waals surface area contributed by atoms with Gasteiger partial charge in [0.15, 0.2) is 0 Å². The predicted octanol–water partition coefficient (Wildman–Crippen LogP) is 7.88. The van der Waals surface area contributed by atoms with E-state index >= 15 is 0 Å². The maximum Gasteiger partial charge on any atom is 0.235 e. The second kappa shape index (κ2) is 7.98. The van der Waals surface area contributed by atoms with Crippen LogP contribution >= 0.6 is 0 Å². The highest BCUT2D eigenvalue weighted by Crippen LogP contribution is 2.42. The van der Waals surface area contributed by atoms with Crippen LogP contribution in [0.4, 0.5) is 0 Å². The topological polar surface area (TPSA) is 48.5 Å². The van der Waals surface area contributed by atoms with Gasteiger partial charge in [-0.15, -0.1) is 0 Å². The number of pyridine rings is 1. The summed E-state index contributed by atoms with van der Waals surface area (Å²) in [4.78, 5) is 15.1. The van der Waals surface area contributed by atoms with Gasteiger partial charge in [0.25, 0.3) is 0 Å². The molecule has 1 aliphatic carbocycles. The van der Waals surface area contributed by atoms with Crippen LogP contribution in [0, 0.1) is 0 Å². The molecule has 4 aromatic heterocycles. The standard InChI is InChI=1S/C34H25N5/c1-34(2)19-17-26-30(34)31(27-13-8-9-20-35-27)37-33(36-26)39-29-14-7-6-12-23(29)24-15-16-28-25(32(24)39)18-21-38(28)22-10-4-3-5-11-22/h3-21H,1-2H3. The Labute approximate surface area is 225 Å². The largest absolute Gasteiger partial charge is 0.316 e. The van der Waals surface area contributed by atoms with Gasteiger partial charge in [0.1, 0.15) is 0 Å². The first-order valence-corrected chi connectivity index (χ1v) is 13.2. The van der Waals surface area contributed by atoms with Gasteiger partial charge in [-0.05, 0) is 48.5 Å². The van der Waals surface area contributed by atoms with Gasteiger partial charge < -0.3 is 4.57 Å². The maximum atomic E-state index is 5.27. The third kappa shape index (κ3) is 3.16. The first-order valence-electron chi connectivity index (χ1n) is 13.2. The summed E-state index contributed by atoms with van der Waals surface area (Å²) < 4.78 is 4.47. The molecule has 3 aromatic carbocycles. The zero-order chi connectivity index (χ0) is 26.1. The predicted molar refractivity (Wildman–Crippen MR) is 158 cm³/mol. The molecule has 0 saturated heterocycles. The summed E-state index contributed by atoms with van der Waals surface area (Å²) in [5.74, 6) is 0.655. The Hall–Kier alpha value is -5.03. The van der Waals surface area contributed by atoms with Crippen molar-refractivity contribution in [3.05, 3.63) is 121 Å². The number of aromatic nitrogens is 5. The minimum absolute atomic E-state index is 0.179. The molecule has 0 saturated carbocycles. The van der Waals surface area contributed by atoms with Crippen molar-refractivity contribution >= 4 is 38.8 Å². The Morgan fingerprint density at radius 3 is 2.36 bits per heavy atom. The lowest BCUT2D eigenvalue weighted by Crippen LogP contribution is -2.16. The molecular formula is C34H25N5. The molecule has 0 spiro atoms. The second-order valence-corrected chi connectivity index (χ2v) is 10.7. The summed E-state index contributed by atoms with van der Waals surface area (Å²) in [5.41, 5.74) is 8.09. The third-order valence-electron chi connectivity index (χ3n) is 7.87. The van der Waals surface area contributed by atoms with E-state index in [9.17, 15) is 0 Å². The van der Waals surface area contributed by atoms with Crippen molar-refractivity contribution in [2.75, 3.05) is 0 Å². The van der Waals surface area contributed by atoms with Crippen LogP contribution in [-0.2, 0) is 5.41 Å². The Bertz CT molecular complexity index is 2080. The number of nitrogens with zero attached hydrogens (tertiary/aromatic N) is 5. The number of hydrogen-bond donors (Lipinski definition) is 0. The lowest BCUT2D eigenvalue weighted by Gasteiger charge is -2.21. The molecule has 5 nitrogen and oxygen atoms in total. The number of hydrogen-bond acceptors (Lipinski definition) is 3. The second-order valence-electron chi connectivity index (χ2n) is 10.7. The van der Waals surface area contributed by atoms with Crippen molar-refractivity contribution in [3.8, 4) is 23.0 Å². The SMILES string of the molecule is CC1(C)C=Cc2nc(-n3c4ccccc4c4ccc5c(ccn5-c5ccccc5)c43)nc(-c3ccccn3)c21. The number of fused-ring (bicyclic) bond motifs is 6. The normalized spacial score (nSPS) is 14.0. The van der Waals surface area contributed by atoms with Gasteiger partial charge >= 0.3 is 0 Å². The first kappa shape index (κ1) is 22.0. The molecule has 186 valence electrons. The van der Waals surface area contributed by atoms with Crippen molar-refractivity contribution in [1.82, 2.24) is 24.1 Å². The summed E-state index contributed by atoms with van der Waals surface area (Å²) in [7, 11) is 0. The van der Waals surface area contributed by atoms with Crippen LogP contribution in [0.15, 0.2) is 109 Å². The fourth-order valence-corrected chi connectivity index (χ4v) is 6.08. The molecule has 0 unspecified atom stereocenters. The molecule has 0 fully saturated rings. The van der Waals surface area contributed by atoms with Crippen LogP contribution in [0.2, 0.25) is 0 Å². The highest BCUT2D eigenvalue weighted by Gasteiger charge is 2.32. The zero-order valence-electron chi connectivity index (χ0n) is 21.7. The molecule has 0 bridgehead atoms. The molecule has 7 aromatic rings. The molecule has 1 aliphatic rings. The molecule has 8 rings (SSSR count). The average Bonchev–Trinajstić information content (AvgIpc) is 3.65. The molecule has 0 atom stereocenters. The summed E-state index contributed by atoms with van der Waals surface area (Å²) >= 11 is 0. The van der Waals surface area contributed by atoms with Crippen molar-refractivity contribution in [2.45, 2.75) is 19.3 Å². The minimum Gasteiger partial charge on any atom is -0.316 e. The van der Waals surface area contributed by atoms with Crippen LogP contribution < -0.4 is 0 Å². The number of allylic oxidation sites excluding steroid dienone is 1. The lowest BCUT2D eigenvalue weighted by atomic mass is 9.86. The molecular weight excluding hydrogens is 478 g/mol. The van der Waals surface area contributed by atoms with Gasteiger partial charge in [-0.2, -0.15) is 0 Å². The van der Waals surface area contributed by atoms with Crippen LogP contribution in [0.1, 0.15) is 25.1 Å². The van der Waals surface area contributed by atoms with E-state index in [0.29, 0.717) is 5.95 Å². The Kier molecular flexibility index (Phi) is 4.50. The van der Waals surface area contributed by atoms with E-state index in [4.69, 9.17) is 15.0 Å². The third-order valence-corrected chi connectivity index (χ3v) is 7.87. The number of rotatable bonds is 3. The molecule has 0 N–H and O–H groups in total. The van der Waals surface area contributed by atoms with Gasteiger partial charge in [-0.3, -0.25) is 9.55 Å². The van der Waals surface area contributed by atoms with Crippen molar-refractivity contribution in [3.63, 3.8) is 0 Å². The van der Waals surface area contributed by atoms with E-state index < -0.39 is 0 Å². The molecule has 5 heteroatoms. The molecule has 0 radical (unpaired) electrons. The summed E-state index contributed by atoms with van der Waals surface area (Å²) in [6.07, 6.45) is 8.32. The number of benzene rings is 3. The van der Waals surface area contributed by atoms with Gasteiger partial charge in [0.05, 0.1) is 33.6 Å². The number of para-hydroxylation sites is 2. The Morgan fingerprint density at radius 2 is 1.51 bits per heavy atom. The quantitative estimate of drug-likeness (QED) is 0.246. The van der Waals surface area contributed by atoms with Crippen molar-refractivity contribution < 1.29 is 0 Å². The van der Waals surface area contributed by atoms with E-state index in [1.54, 1.807) is 0 Å². The Morgan fingerprint density at radius 1 is 0.692 bits per heavy atom. The van der Waals surface area contributed by atoms with E-state index in [2.05, 4.69) is 108 Å².